The van der Waals surface area contributed by atoms with Crippen LogP contribution in [0.3, 0.4) is 0 Å². The first kappa shape index (κ1) is 28.1. The lowest BCUT2D eigenvalue weighted by molar-refractivity contribution is -0.141. The summed E-state index contributed by atoms with van der Waals surface area (Å²) >= 11 is 0. The van der Waals surface area contributed by atoms with Crippen LogP contribution in [0, 0.1) is 0 Å². The van der Waals surface area contributed by atoms with Gasteiger partial charge < -0.3 is 24.6 Å². The van der Waals surface area contributed by atoms with Gasteiger partial charge in [0.25, 0.3) is 0 Å². The van der Waals surface area contributed by atoms with Crippen LogP contribution in [0.25, 0.3) is 10.9 Å². The van der Waals surface area contributed by atoms with Gasteiger partial charge in [-0.15, -0.1) is 0 Å². The molecule has 1 atom stereocenters. The number of nitrogens with zero attached hydrogens (tertiary/aromatic N) is 4. The van der Waals surface area contributed by atoms with E-state index in [0.717, 1.165) is 0 Å². The number of carboxylic acids is 1. The third kappa shape index (κ3) is 6.06. The summed E-state index contributed by atoms with van der Waals surface area (Å²) < 4.78 is 18.1. The van der Waals surface area contributed by atoms with Gasteiger partial charge >= 0.3 is 12.0 Å². The van der Waals surface area contributed by atoms with Gasteiger partial charge in [0, 0.05) is 29.3 Å². The number of carboxylic acid groups (broad SMARTS) is 1. The van der Waals surface area contributed by atoms with Crippen LogP contribution in [-0.2, 0) is 10.2 Å². The third-order valence-electron chi connectivity index (χ3n) is 6.12. The highest BCUT2D eigenvalue weighted by Gasteiger charge is 2.27. The molecule has 1 unspecified atom stereocenters. The van der Waals surface area contributed by atoms with Crippen molar-refractivity contribution in [1.29, 1.82) is 0 Å². The topological polar surface area (TPSA) is 150 Å². The average Bonchev–Trinajstić information content (AvgIpc) is 3.32. The van der Waals surface area contributed by atoms with E-state index in [2.05, 4.69) is 25.7 Å². The number of carbonyl (C=O) groups is 2. The minimum atomic E-state index is -1.03. The van der Waals surface area contributed by atoms with E-state index in [1.165, 1.54) is 18.1 Å². The van der Waals surface area contributed by atoms with Crippen LogP contribution >= 0.6 is 0 Å². The average molecular weight is 549 g/mol. The zero-order valence-electron chi connectivity index (χ0n) is 23.2. The molecule has 0 aliphatic rings. The summed E-state index contributed by atoms with van der Waals surface area (Å²) in [7, 11) is 3.08. The molecule has 2 aromatic heterocycles. The smallest absolute Gasteiger partial charge is 0.328 e. The molecule has 2 heterocycles. The van der Waals surface area contributed by atoms with E-state index in [0.29, 0.717) is 51.8 Å². The van der Waals surface area contributed by atoms with E-state index in [1.807, 2.05) is 20.8 Å². The van der Waals surface area contributed by atoms with Crippen molar-refractivity contribution in [3.8, 4) is 23.1 Å². The van der Waals surface area contributed by atoms with Gasteiger partial charge in [-0.2, -0.15) is 5.10 Å². The molecule has 0 bridgehead atoms. The van der Waals surface area contributed by atoms with E-state index in [9.17, 15) is 14.7 Å². The van der Waals surface area contributed by atoms with Crippen molar-refractivity contribution in [1.82, 2.24) is 19.7 Å². The molecular formula is C28H32N6O6. The molecule has 40 heavy (non-hydrogen) atoms. The maximum Gasteiger partial charge on any atom is 0.328 e. The van der Waals surface area contributed by atoms with Crippen LogP contribution in [0.2, 0.25) is 0 Å². The van der Waals surface area contributed by atoms with Crippen LogP contribution < -0.4 is 24.8 Å². The predicted molar refractivity (Wildman–Crippen MR) is 150 cm³/mol. The van der Waals surface area contributed by atoms with Crippen LogP contribution in [-0.4, -0.2) is 51.1 Å². The van der Waals surface area contributed by atoms with Gasteiger partial charge in [-0.05, 0) is 24.6 Å². The quantitative estimate of drug-likeness (QED) is 0.242. The number of aliphatic carboxylic acids is 1. The molecule has 0 saturated carbocycles. The van der Waals surface area contributed by atoms with Crippen molar-refractivity contribution in [3.05, 3.63) is 54.5 Å². The second kappa shape index (κ2) is 11.5. The maximum atomic E-state index is 13.0. The Kier molecular flexibility index (Phi) is 8.08. The fourth-order valence-electron chi connectivity index (χ4n) is 4.01. The first-order valence-electron chi connectivity index (χ1n) is 12.6. The monoisotopic (exact) mass is 548 g/mol. The Hall–Kier alpha value is -4.87. The first-order chi connectivity index (χ1) is 19.0. The van der Waals surface area contributed by atoms with Crippen molar-refractivity contribution in [2.24, 2.45) is 0 Å². The highest BCUT2D eigenvalue weighted by atomic mass is 16.5. The summed E-state index contributed by atoms with van der Waals surface area (Å²) in [6, 6.07) is 10.4. The minimum Gasteiger partial charge on any atom is -0.493 e. The van der Waals surface area contributed by atoms with Gasteiger partial charge in [-0.3, -0.25) is 5.32 Å². The second-order valence-corrected chi connectivity index (χ2v) is 9.98. The van der Waals surface area contributed by atoms with Crippen molar-refractivity contribution in [2.45, 2.75) is 45.6 Å². The Morgan fingerprint density at radius 1 is 1.02 bits per heavy atom. The van der Waals surface area contributed by atoms with Crippen molar-refractivity contribution < 1.29 is 28.9 Å². The lowest BCUT2D eigenvalue weighted by atomic mass is 9.92. The summed E-state index contributed by atoms with van der Waals surface area (Å²) in [6.45, 7) is 7.64. The molecule has 210 valence electrons. The Morgan fingerprint density at radius 2 is 1.75 bits per heavy atom. The number of hydrogen-bond donors (Lipinski definition) is 3. The van der Waals surface area contributed by atoms with Crippen LogP contribution in [0.5, 0.6) is 23.1 Å². The number of nitrogens with one attached hydrogen (secondary N) is 2. The lowest BCUT2D eigenvalue weighted by Crippen LogP contribution is -2.26. The lowest BCUT2D eigenvalue weighted by Gasteiger charge is -2.16. The van der Waals surface area contributed by atoms with Crippen LogP contribution in [0.1, 0.15) is 45.9 Å². The van der Waals surface area contributed by atoms with Crippen LogP contribution in [0.15, 0.2) is 48.8 Å². The van der Waals surface area contributed by atoms with E-state index in [1.54, 1.807) is 56.5 Å². The molecule has 4 aromatic rings. The molecule has 0 saturated heterocycles. The van der Waals surface area contributed by atoms with E-state index in [4.69, 9.17) is 14.2 Å². The highest BCUT2D eigenvalue weighted by molar-refractivity contribution is 5.99. The number of benzene rings is 2. The number of rotatable bonds is 9. The third-order valence-corrected chi connectivity index (χ3v) is 6.12. The van der Waals surface area contributed by atoms with E-state index >= 15 is 0 Å². The standard InChI is InChI=1S/C28H32N6O6/c1-7-20(26(35)36)34-24(14-23(33-34)28(2,3)4)32-27(37)31-16-9-8-10-17(11-16)40-25-18-12-21(38-5)22(39-6)13-19(18)29-15-30-25/h8-15,20H,7H2,1-6H3,(H,35,36)(H2,31,32,37). The van der Waals surface area contributed by atoms with Crippen LogP contribution in [0.4, 0.5) is 16.3 Å². The fourth-order valence-corrected chi connectivity index (χ4v) is 4.01. The second-order valence-electron chi connectivity index (χ2n) is 9.98. The molecule has 0 fully saturated rings. The van der Waals surface area contributed by atoms with Gasteiger partial charge in [0.1, 0.15) is 17.9 Å². The van der Waals surface area contributed by atoms with Gasteiger partial charge in [0.05, 0.1) is 30.8 Å². The molecule has 2 aromatic carbocycles. The molecule has 12 heteroatoms. The van der Waals surface area contributed by atoms with Crippen molar-refractivity contribution >= 4 is 34.4 Å². The Bertz CT molecular complexity index is 1540. The number of aromatic nitrogens is 4. The molecule has 0 radical (unpaired) electrons. The largest absolute Gasteiger partial charge is 0.493 e. The zero-order chi connectivity index (χ0) is 29.0. The van der Waals surface area contributed by atoms with Gasteiger partial charge in [0.15, 0.2) is 17.5 Å². The summed E-state index contributed by atoms with van der Waals surface area (Å²) in [5.41, 5.74) is 1.36. The maximum absolute atomic E-state index is 13.0. The Morgan fingerprint density at radius 3 is 2.40 bits per heavy atom. The number of methoxy groups -OCH3 is 2. The summed E-state index contributed by atoms with van der Waals surface area (Å²) in [4.78, 5) is 33.3. The fraction of sp³-hybridized carbons (Fsp3) is 0.321. The number of carbonyl (C=O) groups excluding carboxylic acids is 1. The Labute approximate surface area is 231 Å². The number of urea groups is 1. The summed E-state index contributed by atoms with van der Waals surface area (Å²) in [5.74, 6) is 0.994. The molecule has 2 amide bonds. The van der Waals surface area contributed by atoms with Crippen molar-refractivity contribution in [2.75, 3.05) is 24.9 Å². The van der Waals surface area contributed by atoms with Crippen molar-refractivity contribution in [3.63, 3.8) is 0 Å². The highest BCUT2D eigenvalue weighted by Crippen LogP contribution is 2.36. The number of anilines is 2. The molecule has 4 rings (SSSR count). The molecular weight excluding hydrogens is 516 g/mol. The number of amides is 2. The van der Waals surface area contributed by atoms with Gasteiger partial charge in [-0.1, -0.05) is 33.8 Å². The first-order valence-corrected chi connectivity index (χ1v) is 12.6. The minimum absolute atomic E-state index is 0.279. The zero-order valence-corrected chi connectivity index (χ0v) is 23.2. The van der Waals surface area contributed by atoms with E-state index < -0.39 is 18.0 Å². The molecule has 0 spiro atoms. The summed E-state index contributed by atoms with van der Waals surface area (Å²) in [5, 5.41) is 20.3. The van der Waals surface area contributed by atoms with Gasteiger partial charge in [-0.25, -0.2) is 24.2 Å². The number of fused-ring (bicyclic) bond motifs is 1. The number of hydrogen-bond acceptors (Lipinski definition) is 8. The molecule has 0 aliphatic heterocycles. The van der Waals surface area contributed by atoms with Gasteiger partial charge in [0.2, 0.25) is 5.88 Å². The Balaban J connectivity index is 1.56. The number of ether oxygens (including phenoxy) is 3. The molecule has 0 aliphatic carbocycles. The SMILES string of the molecule is CCC(C(=O)O)n1nc(C(C)(C)C)cc1NC(=O)Nc1cccc(Oc2ncnc3cc(OC)c(OC)cc23)c1. The normalized spacial score (nSPS) is 12.1. The predicted octanol–water partition coefficient (Wildman–Crippen LogP) is 5.61. The van der Waals surface area contributed by atoms with E-state index in [-0.39, 0.29) is 11.2 Å². The molecule has 3 N–H and O–H groups in total. The summed E-state index contributed by atoms with van der Waals surface area (Å²) in [6.07, 6.45) is 1.68. The molecule has 12 nitrogen and oxygen atoms in total.